The first kappa shape index (κ1) is 8.72. The van der Waals surface area contributed by atoms with Crippen LogP contribution < -0.4 is 0 Å². The average molecular weight is 196 g/mol. The lowest BCUT2D eigenvalue weighted by molar-refractivity contribution is -0.144. The fourth-order valence-corrected chi connectivity index (χ4v) is 2.61. The first-order valence-electron chi connectivity index (χ1n) is 5.64. The van der Waals surface area contributed by atoms with Crippen LogP contribution in [-0.2, 0) is 9.53 Å². The molecule has 0 aromatic rings. The van der Waals surface area contributed by atoms with Crippen LogP contribution >= 0.6 is 0 Å². The summed E-state index contributed by atoms with van der Waals surface area (Å²) in [5, 5.41) is 9.10. The minimum atomic E-state index is -0.648. The summed E-state index contributed by atoms with van der Waals surface area (Å²) in [6, 6.07) is 0. The highest BCUT2D eigenvalue weighted by Crippen LogP contribution is 2.48. The van der Waals surface area contributed by atoms with Crippen molar-refractivity contribution in [2.24, 2.45) is 17.8 Å². The Kier molecular flexibility index (Phi) is 1.84. The van der Waals surface area contributed by atoms with Crippen LogP contribution in [0.2, 0.25) is 0 Å². The number of hydrogen-bond acceptors (Lipinski definition) is 2. The maximum absolute atomic E-state index is 11.1. The average Bonchev–Trinajstić information content (AvgIpc) is 3.03. The highest BCUT2D eigenvalue weighted by Gasteiger charge is 2.50. The molecule has 0 aromatic carbocycles. The zero-order valence-electron chi connectivity index (χ0n) is 8.19. The fraction of sp³-hybridized carbons (Fsp3) is 0.909. The van der Waals surface area contributed by atoms with Gasteiger partial charge in [0.2, 0.25) is 0 Å². The third-order valence-electron chi connectivity index (χ3n) is 3.77. The predicted octanol–water partition coefficient (Wildman–Crippen LogP) is 1.66. The van der Waals surface area contributed by atoms with Crippen LogP contribution in [0.1, 0.15) is 32.1 Å². The second kappa shape index (κ2) is 2.96. The van der Waals surface area contributed by atoms with Crippen molar-refractivity contribution < 1.29 is 14.6 Å². The zero-order valence-corrected chi connectivity index (χ0v) is 8.19. The Morgan fingerprint density at radius 1 is 1.14 bits per heavy atom. The van der Waals surface area contributed by atoms with Crippen LogP contribution in [0.4, 0.5) is 0 Å². The molecule has 14 heavy (non-hydrogen) atoms. The molecule has 3 atom stereocenters. The van der Waals surface area contributed by atoms with Gasteiger partial charge in [-0.25, -0.2) is 0 Å². The number of carbonyl (C=O) groups is 1. The van der Waals surface area contributed by atoms with E-state index in [9.17, 15) is 4.79 Å². The van der Waals surface area contributed by atoms with Crippen LogP contribution in [0.5, 0.6) is 0 Å². The summed E-state index contributed by atoms with van der Waals surface area (Å²) in [5.74, 6) is 0.374. The van der Waals surface area contributed by atoms with Gasteiger partial charge in [0.05, 0.1) is 18.1 Å². The SMILES string of the molecule is O=C(O)C1CC(C2CC2)OC1C1CC1. The Hall–Kier alpha value is -0.570. The van der Waals surface area contributed by atoms with E-state index in [-0.39, 0.29) is 18.1 Å². The van der Waals surface area contributed by atoms with E-state index in [4.69, 9.17) is 9.84 Å². The van der Waals surface area contributed by atoms with Crippen LogP contribution in [0, 0.1) is 17.8 Å². The zero-order chi connectivity index (χ0) is 9.71. The van der Waals surface area contributed by atoms with Gasteiger partial charge in [-0.1, -0.05) is 0 Å². The normalized spacial score (nSPS) is 42.7. The molecule has 3 heteroatoms. The van der Waals surface area contributed by atoms with Crippen molar-refractivity contribution in [3.05, 3.63) is 0 Å². The van der Waals surface area contributed by atoms with E-state index < -0.39 is 5.97 Å². The largest absolute Gasteiger partial charge is 0.481 e. The molecule has 1 N–H and O–H groups in total. The van der Waals surface area contributed by atoms with E-state index in [1.165, 1.54) is 25.7 Å². The first-order valence-corrected chi connectivity index (χ1v) is 5.64. The Balaban J connectivity index is 1.71. The van der Waals surface area contributed by atoms with Crippen molar-refractivity contribution >= 4 is 5.97 Å². The molecule has 0 amide bonds. The summed E-state index contributed by atoms with van der Waals surface area (Å²) in [5.41, 5.74) is 0. The summed E-state index contributed by atoms with van der Waals surface area (Å²) in [6.07, 6.45) is 5.90. The molecule has 2 aliphatic carbocycles. The molecular formula is C11H16O3. The third kappa shape index (κ3) is 1.44. The van der Waals surface area contributed by atoms with Gasteiger partial charge >= 0.3 is 5.97 Å². The Morgan fingerprint density at radius 3 is 2.29 bits per heavy atom. The van der Waals surface area contributed by atoms with E-state index in [0.717, 1.165) is 6.42 Å². The van der Waals surface area contributed by atoms with E-state index in [1.807, 2.05) is 0 Å². The van der Waals surface area contributed by atoms with Crippen LogP contribution in [0.25, 0.3) is 0 Å². The van der Waals surface area contributed by atoms with Gasteiger partial charge in [-0.2, -0.15) is 0 Å². The van der Waals surface area contributed by atoms with Gasteiger partial charge in [0.15, 0.2) is 0 Å². The van der Waals surface area contributed by atoms with Crippen molar-refractivity contribution in [1.82, 2.24) is 0 Å². The van der Waals surface area contributed by atoms with Crippen molar-refractivity contribution in [3.8, 4) is 0 Å². The number of rotatable bonds is 3. The number of hydrogen-bond donors (Lipinski definition) is 1. The van der Waals surface area contributed by atoms with Crippen molar-refractivity contribution in [2.45, 2.75) is 44.3 Å². The first-order chi connectivity index (χ1) is 6.75. The van der Waals surface area contributed by atoms with Gasteiger partial charge in [-0.15, -0.1) is 0 Å². The molecule has 0 aromatic heterocycles. The molecule has 3 nitrogen and oxygen atoms in total. The maximum Gasteiger partial charge on any atom is 0.309 e. The van der Waals surface area contributed by atoms with Crippen molar-refractivity contribution in [1.29, 1.82) is 0 Å². The standard InChI is InChI=1S/C11H16O3/c12-11(13)8-5-9(6-1-2-6)14-10(8)7-3-4-7/h6-10H,1-5H2,(H,12,13). The lowest BCUT2D eigenvalue weighted by atomic mass is 9.95. The summed E-state index contributed by atoms with van der Waals surface area (Å²) in [4.78, 5) is 11.1. The molecular weight excluding hydrogens is 180 g/mol. The molecule has 3 rings (SSSR count). The third-order valence-corrected chi connectivity index (χ3v) is 3.77. The van der Waals surface area contributed by atoms with Gasteiger partial charge in [-0.3, -0.25) is 4.79 Å². The summed E-state index contributed by atoms with van der Waals surface area (Å²) in [6.45, 7) is 0. The highest BCUT2D eigenvalue weighted by molar-refractivity contribution is 5.71. The molecule has 1 saturated heterocycles. The molecule has 78 valence electrons. The van der Waals surface area contributed by atoms with E-state index in [2.05, 4.69) is 0 Å². The number of ether oxygens (including phenoxy) is 1. The molecule has 0 spiro atoms. The highest BCUT2D eigenvalue weighted by atomic mass is 16.5. The van der Waals surface area contributed by atoms with Crippen molar-refractivity contribution in [2.75, 3.05) is 0 Å². The Labute approximate surface area is 83.4 Å². The van der Waals surface area contributed by atoms with Gasteiger partial charge in [0.25, 0.3) is 0 Å². The molecule has 2 saturated carbocycles. The topological polar surface area (TPSA) is 46.5 Å². The summed E-state index contributed by atoms with van der Waals surface area (Å²) < 4.78 is 5.90. The van der Waals surface area contributed by atoms with E-state index in [0.29, 0.717) is 11.8 Å². The summed E-state index contributed by atoms with van der Waals surface area (Å²) in [7, 11) is 0. The van der Waals surface area contributed by atoms with Crippen molar-refractivity contribution in [3.63, 3.8) is 0 Å². The number of aliphatic carboxylic acids is 1. The second-order valence-electron chi connectivity index (χ2n) is 4.99. The number of carboxylic acid groups (broad SMARTS) is 1. The quantitative estimate of drug-likeness (QED) is 0.746. The van der Waals surface area contributed by atoms with Gasteiger partial charge in [0.1, 0.15) is 0 Å². The monoisotopic (exact) mass is 196 g/mol. The van der Waals surface area contributed by atoms with E-state index >= 15 is 0 Å². The number of carboxylic acids is 1. The Bertz CT molecular complexity index is 255. The van der Waals surface area contributed by atoms with Crippen LogP contribution in [-0.4, -0.2) is 23.3 Å². The van der Waals surface area contributed by atoms with Gasteiger partial charge in [-0.05, 0) is 43.9 Å². The van der Waals surface area contributed by atoms with Gasteiger partial charge < -0.3 is 9.84 Å². The van der Waals surface area contributed by atoms with Gasteiger partial charge in [0, 0.05) is 0 Å². The molecule has 1 heterocycles. The molecule has 0 bridgehead atoms. The van der Waals surface area contributed by atoms with Crippen LogP contribution in [0.3, 0.4) is 0 Å². The smallest absolute Gasteiger partial charge is 0.309 e. The molecule has 3 aliphatic rings. The molecule has 0 radical (unpaired) electrons. The van der Waals surface area contributed by atoms with E-state index in [1.54, 1.807) is 0 Å². The fourth-order valence-electron chi connectivity index (χ4n) is 2.61. The minimum Gasteiger partial charge on any atom is -0.481 e. The van der Waals surface area contributed by atoms with Crippen LogP contribution in [0.15, 0.2) is 0 Å². The maximum atomic E-state index is 11.1. The molecule has 3 unspecified atom stereocenters. The Morgan fingerprint density at radius 2 is 1.79 bits per heavy atom. The lowest BCUT2D eigenvalue weighted by Crippen LogP contribution is -2.25. The predicted molar refractivity (Wildman–Crippen MR) is 49.9 cm³/mol. The molecule has 1 aliphatic heterocycles. The minimum absolute atomic E-state index is 0.0399. The molecule has 3 fully saturated rings. The lowest BCUT2D eigenvalue weighted by Gasteiger charge is -2.14. The summed E-state index contributed by atoms with van der Waals surface area (Å²) >= 11 is 0. The second-order valence-corrected chi connectivity index (χ2v) is 4.99.